The van der Waals surface area contributed by atoms with Gasteiger partial charge in [-0.2, -0.15) is 0 Å². The number of piperidine rings is 1. The number of benzene rings is 1. The molecule has 1 aromatic carbocycles. The Bertz CT molecular complexity index is 862. The molecule has 2 fully saturated rings. The fourth-order valence-corrected chi connectivity index (χ4v) is 3.77. The highest BCUT2D eigenvalue weighted by molar-refractivity contribution is 5.92. The Morgan fingerprint density at radius 1 is 1.23 bits per heavy atom. The molecule has 2 heterocycles. The van der Waals surface area contributed by atoms with Crippen LogP contribution in [0.2, 0.25) is 0 Å². The molecule has 2 aliphatic rings. The number of nitro groups is 1. The number of carbonyl (C=O) groups is 2. The lowest BCUT2D eigenvalue weighted by atomic mass is 10.0. The molecule has 0 aliphatic carbocycles. The Kier molecular flexibility index (Phi) is 6.43. The van der Waals surface area contributed by atoms with E-state index in [0.717, 1.165) is 0 Å². The first-order chi connectivity index (χ1) is 14.3. The summed E-state index contributed by atoms with van der Waals surface area (Å²) in [7, 11) is 2.83. The molecule has 0 radical (unpaired) electrons. The van der Waals surface area contributed by atoms with Crippen molar-refractivity contribution in [1.82, 2.24) is 9.80 Å². The summed E-state index contributed by atoms with van der Waals surface area (Å²) >= 11 is 0. The number of amides is 2. The second kappa shape index (κ2) is 9.02. The number of cyclic esters (lactones) is 1. The van der Waals surface area contributed by atoms with E-state index in [1.54, 1.807) is 9.80 Å². The molecule has 0 aromatic heterocycles. The lowest BCUT2D eigenvalue weighted by molar-refractivity contribution is -0.385. The molecule has 2 amide bonds. The van der Waals surface area contributed by atoms with E-state index in [-0.39, 0.29) is 41.1 Å². The minimum absolute atomic E-state index is 0.0578. The molecule has 0 bridgehead atoms. The summed E-state index contributed by atoms with van der Waals surface area (Å²) in [6.07, 6.45) is 3.65. The molecule has 2 saturated heterocycles. The largest absolute Gasteiger partial charge is 0.493 e. The van der Waals surface area contributed by atoms with Crippen LogP contribution in [-0.2, 0) is 9.53 Å². The normalized spacial score (nSPS) is 19.8. The monoisotopic (exact) mass is 419 g/mol. The average Bonchev–Trinajstić information content (AvgIpc) is 3.09. The summed E-state index contributed by atoms with van der Waals surface area (Å²) in [6, 6.07) is 2.79. The van der Waals surface area contributed by atoms with Gasteiger partial charge in [0.25, 0.3) is 5.69 Å². The van der Waals surface area contributed by atoms with Crippen molar-refractivity contribution in [2.45, 2.75) is 31.9 Å². The number of carbonyl (C=O) groups excluding carboxylic acids is 2. The van der Waals surface area contributed by atoms with E-state index >= 15 is 0 Å². The van der Waals surface area contributed by atoms with Crippen LogP contribution in [0.5, 0.6) is 11.5 Å². The number of rotatable bonds is 6. The van der Waals surface area contributed by atoms with E-state index in [0.29, 0.717) is 38.2 Å². The molecule has 3 rings (SSSR count). The van der Waals surface area contributed by atoms with Crippen LogP contribution in [0.15, 0.2) is 18.2 Å². The van der Waals surface area contributed by atoms with Crippen LogP contribution in [0.1, 0.15) is 25.3 Å². The predicted molar refractivity (Wildman–Crippen MR) is 107 cm³/mol. The number of ether oxygens (including phenoxy) is 3. The summed E-state index contributed by atoms with van der Waals surface area (Å²) in [5, 5.41) is 11.4. The molecule has 2 aliphatic heterocycles. The Morgan fingerprint density at radius 3 is 2.40 bits per heavy atom. The van der Waals surface area contributed by atoms with Gasteiger partial charge >= 0.3 is 6.09 Å². The molecule has 0 spiro atoms. The Morgan fingerprint density at radius 2 is 1.87 bits per heavy atom. The number of nitro benzene ring substituents is 1. The zero-order valence-electron chi connectivity index (χ0n) is 17.2. The molecule has 0 N–H and O–H groups in total. The zero-order valence-corrected chi connectivity index (χ0v) is 17.2. The fraction of sp³-hybridized carbons (Fsp3) is 0.500. The lowest BCUT2D eigenvalue weighted by Gasteiger charge is -2.35. The quantitative estimate of drug-likeness (QED) is 0.395. The van der Waals surface area contributed by atoms with Gasteiger partial charge < -0.3 is 24.0 Å². The molecule has 10 heteroatoms. The molecular weight excluding hydrogens is 394 g/mol. The van der Waals surface area contributed by atoms with E-state index in [2.05, 4.69) is 0 Å². The fourth-order valence-electron chi connectivity index (χ4n) is 3.77. The van der Waals surface area contributed by atoms with Gasteiger partial charge in [0.15, 0.2) is 11.5 Å². The number of nitrogens with zero attached hydrogens (tertiary/aromatic N) is 3. The van der Waals surface area contributed by atoms with Gasteiger partial charge in [0.05, 0.1) is 37.3 Å². The van der Waals surface area contributed by atoms with Crippen molar-refractivity contribution in [3.8, 4) is 11.5 Å². The molecule has 30 heavy (non-hydrogen) atoms. The SMILES string of the molecule is COc1cc(C=CC(=O)N2CCC(N3CC(C)OC3=O)CC2)c([N+](=O)[O-])cc1OC. The van der Waals surface area contributed by atoms with Gasteiger partial charge in [-0.05, 0) is 31.9 Å². The molecule has 1 unspecified atom stereocenters. The average molecular weight is 419 g/mol. The molecule has 0 saturated carbocycles. The van der Waals surface area contributed by atoms with Crippen LogP contribution < -0.4 is 9.47 Å². The van der Waals surface area contributed by atoms with E-state index < -0.39 is 4.92 Å². The van der Waals surface area contributed by atoms with Gasteiger partial charge in [-0.3, -0.25) is 14.9 Å². The predicted octanol–water partition coefficient (Wildman–Crippen LogP) is 2.46. The minimum atomic E-state index is -0.534. The van der Waals surface area contributed by atoms with Crippen molar-refractivity contribution in [3.05, 3.63) is 33.9 Å². The Balaban J connectivity index is 1.66. The molecule has 1 atom stereocenters. The van der Waals surface area contributed by atoms with Crippen LogP contribution in [-0.4, -0.2) is 72.7 Å². The smallest absolute Gasteiger partial charge is 0.410 e. The van der Waals surface area contributed by atoms with Gasteiger partial charge in [-0.25, -0.2) is 4.79 Å². The van der Waals surface area contributed by atoms with E-state index in [1.165, 1.54) is 38.5 Å². The summed E-state index contributed by atoms with van der Waals surface area (Å²) in [5.74, 6) is 0.335. The van der Waals surface area contributed by atoms with Crippen molar-refractivity contribution in [1.29, 1.82) is 0 Å². The molecular formula is C20H25N3O7. The standard InChI is InChI=1S/C20H25N3O7/c1-13-12-22(20(25)30-13)15-6-8-21(9-7-15)19(24)5-4-14-10-17(28-2)18(29-3)11-16(14)23(26)27/h4-5,10-11,13,15H,6-9,12H2,1-3H3. The molecule has 1 aromatic rings. The maximum Gasteiger partial charge on any atom is 0.410 e. The summed E-state index contributed by atoms with van der Waals surface area (Å²) < 4.78 is 15.5. The third-order valence-electron chi connectivity index (χ3n) is 5.34. The van der Waals surface area contributed by atoms with Gasteiger partial charge in [0, 0.05) is 25.2 Å². The van der Waals surface area contributed by atoms with Crippen molar-refractivity contribution < 1.29 is 28.7 Å². The maximum atomic E-state index is 12.6. The number of likely N-dealkylation sites (tertiary alicyclic amines) is 1. The first-order valence-corrected chi connectivity index (χ1v) is 9.68. The van der Waals surface area contributed by atoms with E-state index in [1.807, 2.05) is 6.92 Å². The van der Waals surface area contributed by atoms with Crippen LogP contribution in [0.3, 0.4) is 0 Å². The van der Waals surface area contributed by atoms with Crippen LogP contribution >= 0.6 is 0 Å². The first-order valence-electron chi connectivity index (χ1n) is 9.68. The topological polar surface area (TPSA) is 111 Å². The van der Waals surface area contributed by atoms with Crippen molar-refractivity contribution in [2.75, 3.05) is 33.9 Å². The van der Waals surface area contributed by atoms with Gasteiger partial charge in [-0.1, -0.05) is 0 Å². The van der Waals surface area contributed by atoms with E-state index in [4.69, 9.17) is 14.2 Å². The molecule has 162 valence electrons. The molecule has 10 nitrogen and oxygen atoms in total. The van der Waals surface area contributed by atoms with Gasteiger partial charge in [0.1, 0.15) is 6.10 Å². The highest BCUT2D eigenvalue weighted by atomic mass is 16.6. The number of hydrogen-bond donors (Lipinski definition) is 0. The van der Waals surface area contributed by atoms with Gasteiger partial charge in [0.2, 0.25) is 5.91 Å². The van der Waals surface area contributed by atoms with Gasteiger partial charge in [-0.15, -0.1) is 0 Å². The lowest BCUT2D eigenvalue weighted by Crippen LogP contribution is -2.46. The number of methoxy groups -OCH3 is 2. The zero-order chi connectivity index (χ0) is 21.8. The summed E-state index contributed by atoms with van der Waals surface area (Å²) in [6.45, 7) is 3.43. The Hall–Kier alpha value is -3.30. The first kappa shape index (κ1) is 21.4. The second-order valence-corrected chi connectivity index (χ2v) is 7.26. The van der Waals surface area contributed by atoms with Crippen LogP contribution in [0.25, 0.3) is 6.08 Å². The van der Waals surface area contributed by atoms with Crippen LogP contribution in [0.4, 0.5) is 10.5 Å². The van der Waals surface area contributed by atoms with E-state index in [9.17, 15) is 19.7 Å². The highest BCUT2D eigenvalue weighted by Gasteiger charge is 2.36. The summed E-state index contributed by atoms with van der Waals surface area (Å²) in [5.41, 5.74) is 0.0618. The maximum absolute atomic E-state index is 12.6. The highest BCUT2D eigenvalue weighted by Crippen LogP contribution is 2.35. The third-order valence-corrected chi connectivity index (χ3v) is 5.34. The minimum Gasteiger partial charge on any atom is -0.493 e. The van der Waals surface area contributed by atoms with Crippen molar-refractivity contribution >= 4 is 23.8 Å². The second-order valence-electron chi connectivity index (χ2n) is 7.26. The third kappa shape index (κ3) is 4.47. The number of hydrogen-bond acceptors (Lipinski definition) is 7. The Labute approximate surface area is 174 Å². The van der Waals surface area contributed by atoms with Crippen molar-refractivity contribution in [2.24, 2.45) is 0 Å². The van der Waals surface area contributed by atoms with Crippen LogP contribution in [0, 0.1) is 10.1 Å². The van der Waals surface area contributed by atoms with Crippen molar-refractivity contribution in [3.63, 3.8) is 0 Å². The summed E-state index contributed by atoms with van der Waals surface area (Å²) in [4.78, 5) is 38.7.